The molecule has 0 bridgehead atoms. The second kappa shape index (κ2) is 9.28. The van der Waals surface area contributed by atoms with Gasteiger partial charge < -0.3 is 14.5 Å². The summed E-state index contributed by atoms with van der Waals surface area (Å²) in [5.74, 6) is -2.35. The standard InChI is InChI=1S/C21H15FN2O6/c22-15-6-8-16(9-7-15)23-21(26)20(14-4-2-1-3-5-14)30-19(25)13-11-17-10-12-18(29-17)24(27)28/h1-13,20H,(H,23,26)/b13-11+/t20-/m1/s1. The third-order valence-corrected chi connectivity index (χ3v) is 3.86. The van der Waals surface area contributed by atoms with Crippen LogP contribution in [0, 0.1) is 15.9 Å². The molecule has 1 aromatic heterocycles. The van der Waals surface area contributed by atoms with Crippen LogP contribution in [0.5, 0.6) is 0 Å². The molecule has 0 fully saturated rings. The molecule has 3 rings (SSSR count). The zero-order valence-electron chi connectivity index (χ0n) is 15.4. The zero-order chi connectivity index (χ0) is 21.5. The minimum Gasteiger partial charge on any atom is -0.444 e. The summed E-state index contributed by atoms with van der Waals surface area (Å²) < 4.78 is 23.3. The summed E-state index contributed by atoms with van der Waals surface area (Å²) >= 11 is 0. The molecule has 0 aliphatic carbocycles. The van der Waals surface area contributed by atoms with Gasteiger partial charge in [0.2, 0.25) is 6.10 Å². The summed E-state index contributed by atoms with van der Waals surface area (Å²) in [7, 11) is 0. The van der Waals surface area contributed by atoms with Crippen LogP contribution in [0.25, 0.3) is 6.08 Å². The Bertz CT molecular complexity index is 1080. The van der Waals surface area contributed by atoms with Crippen molar-refractivity contribution in [3.8, 4) is 0 Å². The predicted octanol–water partition coefficient (Wildman–Crippen LogP) is 4.26. The van der Waals surface area contributed by atoms with Crippen LogP contribution in [0.2, 0.25) is 0 Å². The Morgan fingerprint density at radius 3 is 2.40 bits per heavy atom. The Kier molecular flexibility index (Phi) is 6.33. The van der Waals surface area contributed by atoms with Crippen molar-refractivity contribution >= 4 is 29.5 Å². The molecule has 0 radical (unpaired) electrons. The molecule has 152 valence electrons. The van der Waals surface area contributed by atoms with E-state index in [4.69, 9.17) is 9.15 Å². The number of hydrogen-bond acceptors (Lipinski definition) is 6. The SMILES string of the molecule is O=C(/C=C/c1ccc([N+](=O)[O-])o1)O[C@@H](C(=O)Nc1ccc(F)cc1)c1ccccc1. The van der Waals surface area contributed by atoms with Crippen molar-refractivity contribution in [2.75, 3.05) is 5.32 Å². The van der Waals surface area contributed by atoms with Crippen molar-refractivity contribution in [3.05, 3.63) is 100 Å². The fourth-order valence-electron chi connectivity index (χ4n) is 2.48. The summed E-state index contributed by atoms with van der Waals surface area (Å²) in [6, 6.07) is 15.9. The van der Waals surface area contributed by atoms with Crippen LogP contribution in [0.1, 0.15) is 17.4 Å². The molecule has 0 saturated carbocycles. The van der Waals surface area contributed by atoms with Gasteiger partial charge in [-0.25, -0.2) is 9.18 Å². The summed E-state index contributed by atoms with van der Waals surface area (Å²) in [5, 5.41) is 13.2. The quantitative estimate of drug-likeness (QED) is 0.270. The van der Waals surface area contributed by atoms with Gasteiger partial charge in [-0.1, -0.05) is 30.3 Å². The third kappa shape index (κ3) is 5.38. The predicted molar refractivity (Wildman–Crippen MR) is 105 cm³/mol. The van der Waals surface area contributed by atoms with Crippen molar-refractivity contribution in [2.45, 2.75) is 6.10 Å². The first-order valence-corrected chi connectivity index (χ1v) is 8.66. The largest absolute Gasteiger partial charge is 0.444 e. The van der Waals surface area contributed by atoms with E-state index in [9.17, 15) is 24.1 Å². The number of carbonyl (C=O) groups excluding carboxylic acids is 2. The topological polar surface area (TPSA) is 112 Å². The first kappa shape index (κ1) is 20.5. The maximum Gasteiger partial charge on any atom is 0.433 e. The fraction of sp³-hybridized carbons (Fsp3) is 0.0476. The summed E-state index contributed by atoms with van der Waals surface area (Å²) in [6.45, 7) is 0. The molecule has 0 spiro atoms. The lowest BCUT2D eigenvalue weighted by Gasteiger charge is -2.17. The molecular weight excluding hydrogens is 395 g/mol. The molecule has 30 heavy (non-hydrogen) atoms. The van der Waals surface area contributed by atoms with Crippen molar-refractivity contribution in [1.29, 1.82) is 0 Å². The van der Waals surface area contributed by atoms with Gasteiger partial charge in [-0.05, 0) is 36.4 Å². The zero-order valence-corrected chi connectivity index (χ0v) is 15.4. The molecule has 0 aliphatic heterocycles. The average molecular weight is 410 g/mol. The van der Waals surface area contributed by atoms with Gasteiger partial charge in [0.15, 0.2) is 0 Å². The van der Waals surface area contributed by atoms with E-state index < -0.39 is 34.6 Å². The van der Waals surface area contributed by atoms with Gasteiger partial charge in [-0.2, -0.15) is 0 Å². The van der Waals surface area contributed by atoms with E-state index in [1.165, 1.54) is 36.4 Å². The third-order valence-electron chi connectivity index (χ3n) is 3.86. The van der Waals surface area contributed by atoms with Crippen LogP contribution in [0.15, 0.2) is 77.2 Å². The molecule has 1 atom stereocenters. The summed E-state index contributed by atoms with van der Waals surface area (Å²) in [6.07, 6.45) is 0.901. The number of amides is 1. The summed E-state index contributed by atoms with van der Waals surface area (Å²) in [5.41, 5.74) is 0.754. The van der Waals surface area contributed by atoms with E-state index in [0.29, 0.717) is 11.3 Å². The molecule has 0 unspecified atom stereocenters. The molecule has 9 heteroatoms. The van der Waals surface area contributed by atoms with Crippen LogP contribution >= 0.6 is 0 Å². The van der Waals surface area contributed by atoms with Crippen LogP contribution < -0.4 is 5.32 Å². The van der Waals surface area contributed by atoms with Crippen molar-refractivity contribution in [3.63, 3.8) is 0 Å². The average Bonchev–Trinajstić information content (AvgIpc) is 3.22. The molecule has 8 nitrogen and oxygen atoms in total. The smallest absolute Gasteiger partial charge is 0.433 e. The number of ether oxygens (including phenoxy) is 1. The highest BCUT2D eigenvalue weighted by Crippen LogP contribution is 2.21. The first-order chi connectivity index (χ1) is 14.4. The number of furan rings is 1. The molecule has 1 heterocycles. The van der Waals surface area contributed by atoms with Crippen molar-refractivity contribution < 1.29 is 28.1 Å². The Balaban J connectivity index is 1.74. The Morgan fingerprint density at radius 1 is 1.07 bits per heavy atom. The highest BCUT2D eigenvalue weighted by Gasteiger charge is 2.24. The Labute approximate surface area is 169 Å². The number of carbonyl (C=O) groups is 2. The molecule has 0 saturated heterocycles. The molecule has 3 aromatic rings. The van der Waals surface area contributed by atoms with Gasteiger partial charge >= 0.3 is 11.9 Å². The number of hydrogen-bond donors (Lipinski definition) is 1. The first-order valence-electron chi connectivity index (χ1n) is 8.66. The van der Waals surface area contributed by atoms with Gasteiger partial charge in [0.25, 0.3) is 5.91 Å². The second-order valence-corrected chi connectivity index (χ2v) is 5.99. The minimum absolute atomic E-state index is 0.0747. The monoisotopic (exact) mass is 410 g/mol. The number of nitro groups is 1. The lowest BCUT2D eigenvalue weighted by Crippen LogP contribution is -2.25. The van der Waals surface area contributed by atoms with Gasteiger partial charge in [0.05, 0.1) is 6.07 Å². The number of nitrogens with one attached hydrogen (secondary N) is 1. The van der Waals surface area contributed by atoms with Gasteiger partial charge in [0.1, 0.15) is 16.5 Å². The lowest BCUT2D eigenvalue weighted by atomic mass is 10.1. The molecule has 1 N–H and O–H groups in total. The van der Waals surface area contributed by atoms with E-state index in [1.54, 1.807) is 30.3 Å². The molecule has 1 amide bonds. The fourth-order valence-corrected chi connectivity index (χ4v) is 2.48. The number of nitrogens with zero attached hydrogens (tertiary/aromatic N) is 1. The number of anilines is 1. The normalized spacial score (nSPS) is 11.8. The van der Waals surface area contributed by atoms with Crippen LogP contribution in [-0.2, 0) is 14.3 Å². The number of rotatable bonds is 7. The van der Waals surface area contributed by atoms with E-state index in [0.717, 1.165) is 12.1 Å². The van der Waals surface area contributed by atoms with Crippen LogP contribution in [-0.4, -0.2) is 16.8 Å². The van der Waals surface area contributed by atoms with Crippen molar-refractivity contribution in [1.82, 2.24) is 0 Å². The lowest BCUT2D eigenvalue weighted by molar-refractivity contribution is -0.402. The van der Waals surface area contributed by atoms with E-state index in [2.05, 4.69) is 5.32 Å². The Hall–Kier alpha value is -4.27. The van der Waals surface area contributed by atoms with Crippen LogP contribution in [0.4, 0.5) is 16.0 Å². The van der Waals surface area contributed by atoms with Gasteiger partial charge in [-0.15, -0.1) is 0 Å². The maximum atomic E-state index is 13.1. The highest BCUT2D eigenvalue weighted by atomic mass is 19.1. The summed E-state index contributed by atoms with van der Waals surface area (Å²) in [4.78, 5) is 34.8. The number of esters is 1. The highest BCUT2D eigenvalue weighted by molar-refractivity contribution is 5.97. The number of benzene rings is 2. The second-order valence-electron chi connectivity index (χ2n) is 5.99. The van der Waals surface area contributed by atoms with Gasteiger partial charge in [0, 0.05) is 17.3 Å². The van der Waals surface area contributed by atoms with E-state index in [-0.39, 0.29) is 5.76 Å². The Morgan fingerprint density at radius 2 is 1.77 bits per heavy atom. The van der Waals surface area contributed by atoms with E-state index in [1.807, 2.05) is 0 Å². The van der Waals surface area contributed by atoms with E-state index >= 15 is 0 Å². The van der Waals surface area contributed by atoms with Crippen molar-refractivity contribution in [2.24, 2.45) is 0 Å². The molecule has 2 aromatic carbocycles. The maximum absolute atomic E-state index is 13.1. The molecule has 0 aliphatic rings. The minimum atomic E-state index is -1.28. The number of halogens is 1. The van der Waals surface area contributed by atoms with Crippen LogP contribution in [0.3, 0.4) is 0 Å². The molecular formula is C21H15FN2O6. The van der Waals surface area contributed by atoms with Gasteiger partial charge in [-0.3, -0.25) is 14.9 Å².